The van der Waals surface area contributed by atoms with Crippen LogP contribution >= 0.6 is 11.3 Å². The van der Waals surface area contributed by atoms with Crippen LogP contribution in [0.25, 0.3) is 0 Å². The first-order valence-electron chi connectivity index (χ1n) is 5.72. The number of urea groups is 1. The van der Waals surface area contributed by atoms with Crippen LogP contribution in [0.15, 0.2) is 6.20 Å². The number of amides is 2. The quantitative estimate of drug-likeness (QED) is 0.809. The van der Waals surface area contributed by atoms with E-state index in [9.17, 15) is 4.79 Å². The highest BCUT2D eigenvalue weighted by Gasteiger charge is 2.11. The Morgan fingerprint density at radius 1 is 1.59 bits per heavy atom. The van der Waals surface area contributed by atoms with Crippen molar-refractivity contribution in [3.63, 3.8) is 0 Å². The number of nitrogens with zero attached hydrogens (tertiary/aromatic N) is 2. The average Bonchev–Trinajstić information content (AvgIpc) is 2.72. The Kier molecular flexibility index (Phi) is 5.93. The van der Waals surface area contributed by atoms with Crippen LogP contribution in [0.4, 0.5) is 4.79 Å². The predicted molar refractivity (Wildman–Crippen MR) is 68.0 cm³/mol. The summed E-state index contributed by atoms with van der Waals surface area (Å²) in [6.07, 6.45) is 2.67. The van der Waals surface area contributed by atoms with E-state index in [-0.39, 0.29) is 12.6 Å². The summed E-state index contributed by atoms with van der Waals surface area (Å²) < 4.78 is 0. The number of carbonyl (C=O) groups excluding carboxylic acids is 1. The lowest BCUT2D eigenvalue weighted by atomic mass is 10.4. The fourth-order valence-corrected chi connectivity index (χ4v) is 2.18. The molecule has 0 spiro atoms. The van der Waals surface area contributed by atoms with Gasteiger partial charge in [0.15, 0.2) is 0 Å². The summed E-state index contributed by atoms with van der Waals surface area (Å²) >= 11 is 1.57. The molecule has 0 aliphatic rings. The molecule has 1 rings (SSSR count). The fourth-order valence-electron chi connectivity index (χ4n) is 1.45. The predicted octanol–water partition coefficient (Wildman–Crippen LogP) is 1.37. The van der Waals surface area contributed by atoms with E-state index in [4.69, 9.17) is 5.11 Å². The minimum absolute atomic E-state index is 0.0101. The Morgan fingerprint density at radius 2 is 2.35 bits per heavy atom. The van der Waals surface area contributed by atoms with E-state index in [1.165, 1.54) is 0 Å². The maximum absolute atomic E-state index is 11.8. The van der Waals surface area contributed by atoms with Crippen LogP contribution in [0.5, 0.6) is 0 Å². The third-order valence-corrected chi connectivity index (χ3v) is 3.12. The highest BCUT2D eigenvalue weighted by molar-refractivity contribution is 7.11. The zero-order valence-electron chi connectivity index (χ0n) is 10.3. The molecule has 0 saturated carbocycles. The van der Waals surface area contributed by atoms with Crippen molar-refractivity contribution >= 4 is 17.4 Å². The summed E-state index contributed by atoms with van der Waals surface area (Å²) in [4.78, 5) is 18.7. The first-order chi connectivity index (χ1) is 8.17. The van der Waals surface area contributed by atoms with E-state index in [0.717, 1.165) is 16.3 Å². The summed E-state index contributed by atoms with van der Waals surface area (Å²) in [7, 11) is 0. The maximum Gasteiger partial charge on any atom is 0.317 e. The van der Waals surface area contributed by atoms with Crippen molar-refractivity contribution in [1.29, 1.82) is 0 Å². The molecule has 0 radical (unpaired) electrons. The molecular formula is C11H19N3O2S. The van der Waals surface area contributed by atoms with Gasteiger partial charge in [-0.1, -0.05) is 6.92 Å². The van der Waals surface area contributed by atoms with E-state index in [0.29, 0.717) is 19.6 Å². The van der Waals surface area contributed by atoms with Gasteiger partial charge in [0.05, 0.1) is 13.2 Å². The highest BCUT2D eigenvalue weighted by atomic mass is 32.1. The molecule has 2 N–H and O–H groups in total. The van der Waals surface area contributed by atoms with Gasteiger partial charge in [-0.2, -0.15) is 0 Å². The lowest BCUT2D eigenvalue weighted by Crippen LogP contribution is -2.41. The normalized spacial score (nSPS) is 10.3. The number of carbonyl (C=O) groups is 1. The summed E-state index contributed by atoms with van der Waals surface area (Å²) in [6.45, 7) is 5.45. The number of hydrogen-bond acceptors (Lipinski definition) is 4. The van der Waals surface area contributed by atoms with Crippen LogP contribution < -0.4 is 5.32 Å². The lowest BCUT2D eigenvalue weighted by Gasteiger charge is -2.21. The van der Waals surface area contributed by atoms with E-state index in [1.54, 1.807) is 22.4 Å². The van der Waals surface area contributed by atoms with Gasteiger partial charge in [0, 0.05) is 24.2 Å². The first-order valence-corrected chi connectivity index (χ1v) is 6.54. The van der Waals surface area contributed by atoms with E-state index in [1.807, 2.05) is 13.8 Å². The zero-order chi connectivity index (χ0) is 12.7. The standard InChI is InChI=1S/C11H19N3O2S/c1-3-4-14(5-6-15)11(16)13-8-10-12-7-9(2)17-10/h7,15H,3-6,8H2,1-2H3,(H,13,16). The van der Waals surface area contributed by atoms with E-state index < -0.39 is 0 Å². The molecule has 0 atom stereocenters. The third kappa shape index (κ3) is 4.70. The van der Waals surface area contributed by atoms with Gasteiger partial charge in [-0.05, 0) is 13.3 Å². The number of rotatable bonds is 6. The molecule has 0 unspecified atom stereocenters. The minimum Gasteiger partial charge on any atom is -0.395 e. The van der Waals surface area contributed by atoms with Gasteiger partial charge in [-0.25, -0.2) is 9.78 Å². The summed E-state index contributed by atoms with van der Waals surface area (Å²) in [5.74, 6) is 0. The van der Waals surface area contributed by atoms with E-state index >= 15 is 0 Å². The van der Waals surface area contributed by atoms with E-state index in [2.05, 4.69) is 10.3 Å². The second-order valence-corrected chi connectivity index (χ2v) is 5.05. The van der Waals surface area contributed by atoms with Crippen molar-refractivity contribution in [2.24, 2.45) is 0 Å². The van der Waals surface area contributed by atoms with Gasteiger partial charge in [0.2, 0.25) is 0 Å². The molecule has 0 aliphatic carbocycles. The van der Waals surface area contributed by atoms with Crippen LogP contribution in [0, 0.1) is 6.92 Å². The highest BCUT2D eigenvalue weighted by Crippen LogP contribution is 2.10. The zero-order valence-corrected chi connectivity index (χ0v) is 11.1. The van der Waals surface area contributed by atoms with Crippen molar-refractivity contribution < 1.29 is 9.90 Å². The largest absolute Gasteiger partial charge is 0.395 e. The Hall–Kier alpha value is -1.14. The Balaban J connectivity index is 2.41. The molecule has 0 aliphatic heterocycles. The summed E-state index contributed by atoms with van der Waals surface area (Å²) in [6, 6.07) is -0.145. The molecule has 0 fully saturated rings. The maximum atomic E-state index is 11.8. The van der Waals surface area contributed by atoms with Gasteiger partial charge in [0.25, 0.3) is 0 Å². The molecule has 17 heavy (non-hydrogen) atoms. The SMILES string of the molecule is CCCN(CCO)C(=O)NCc1ncc(C)s1. The number of aromatic nitrogens is 1. The number of thiazole rings is 1. The van der Waals surface area contributed by atoms with Crippen LogP contribution in [0.2, 0.25) is 0 Å². The van der Waals surface area contributed by atoms with Crippen LogP contribution in [0.1, 0.15) is 23.2 Å². The van der Waals surface area contributed by atoms with Crippen molar-refractivity contribution in [2.75, 3.05) is 19.7 Å². The van der Waals surface area contributed by atoms with Crippen LogP contribution in [-0.2, 0) is 6.54 Å². The second-order valence-electron chi connectivity index (χ2n) is 3.73. The topological polar surface area (TPSA) is 65.5 Å². The Morgan fingerprint density at radius 3 is 2.88 bits per heavy atom. The Labute approximate surface area is 105 Å². The number of aryl methyl sites for hydroxylation is 1. The third-order valence-electron chi connectivity index (χ3n) is 2.21. The van der Waals surface area contributed by atoms with Crippen LogP contribution in [0.3, 0.4) is 0 Å². The van der Waals surface area contributed by atoms with Gasteiger partial charge in [-0.3, -0.25) is 0 Å². The van der Waals surface area contributed by atoms with Gasteiger partial charge < -0.3 is 15.3 Å². The molecule has 96 valence electrons. The van der Waals surface area contributed by atoms with Crippen molar-refractivity contribution in [2.45, 2.75) is 26.8 Å². The minimum atomic E-state index is -0.145. The molecule has 5 nitrogen and oxygen atoms in total. The van der Waals surface area contributed by atoms with Crippen molar-refractivity contribution in [3.05, 3.63) is 16.1 Å². The number of aliphatic hydroxyl groups excluding tert-OH is 1. The number of aliphatic hydroxyl groups is 1. The van der Waals surface area contributed by atoms with Gasteiger partial charge >= 0.3 is 6.03 Å². The smallest absolute Gasteiger partial charge is 0.317 e. The molecule has 1 heterocycles. The number of hydrogen-bond donors (Lipinski definition) is 2. The molecule has 0 bridgehead atoms. The monoisotopic (exact) mass is 257 g/mol. The number of nitrogens with one attached hydrogen (secondary N) is 1. The molecule has 0 saturated heterocycles. The molecule has 0 aromatic carbocycles. The fraction of sp³-hybridized carbons (Fsp3) is 0.636. The summed E-state index contributed by atoms with van der Waals surface area (Å²) in [5, 5.41) is 12.6. The molecule has 1 aromatic heterocycles. The summed E-state index contributed by atoms with van der Waals surface area (Å²) in [5.41, 5.74) is 0. The lowest BCUT2D eigenvalue weighted by molar-refractivity contribution is 0.177. The average molecular weight is 257 g/mol. The Bertz CT molecular complexity index is 348. The molecule has 1 aromatic rings. The molecule has 6 heteroatoms. The van der Waals surface area contributed by atoms with Gasteiger partial charge in [-0.15, -0.1) is 11.3 Å². The second kappa shape index (κ2) is 7.24. The molecular weight excluding hydrogens is 238 g/mol. The molecule has 2 amide bonds. The van der Waals surface area contributed by atoms with Crippen LogP contribution in [-0.4, -0.2) is 40.7 Å². The van der Waals surface area contributed by atoms with Crippen molar-refractivity contribution in [1.82, 2.24) is 15.2 Å². The first kappa shape index (κ1) is 13.9. The van der Waals surface area contributed by atoms with Gasteiger partial charge in [0.1, 0.15) is 5.01 Å². The van der Waals surface area contributed by atoms with Crippen molar-refractivity contribution in [3.8, 4) is 0 Å².